The molecule has 1 aliphatic rings. The molecule has 1 aliphatic heterocycles. The number of rotatable bonds is 3. The molecule has 2 aromatic rings. The van der Waals surface area contributed by atoms with Gasteiger partial charge in [0.2, 0.25) is 0 Å². The molecule has 5 nitrogen and oxygen atoms in total. The van der Waals surface area contributed by atoms with Gasteiger partial charge in [-0.05, 0) is 50.9 Å². The van der Waals surface area contributed by atoms with E-state index >= 15 is 0 Å². The highest BCUT2D eigenvalue weighted by atomic mass is 16.7. The molecule has 130 valence electrons. The molecule has 0 amide bonds. The second kappa shape index (κ2) is 6.28. The van der Waals surface area contributed by atoms with Crippen molar-refractivity contribution in [3.8, 4) is 11.3 Å². The van der Waals surface area contributed by atoms with E-state index in [2.05, 4.69) is 4.98 Å². The topological polar surface area (TPSA) is 57.7 Å². The van der Waals surface area contributed by atoms with Crippen molar-refractivity contribution in [2.24, 2.45) is 0 Å². The van der Waals surface area contributed by atoms with E-state index in [1.165, 1.54) is 7.11 Å². The van der Waals surface area contributed by atoms with E-state index in [0.717, 1.165) is 11.0 Å². The van der Waals surface area contributed by atoms with E-state index in [0.29, 0.717) is 11.3 Å². The number of nitrogens with zero attached hydrogens (tertiary/aromatic N) is 1. The van der Waals surface area contributed by atoms with Crippen LogP contribution in [0.25, 0.3) is 11.3 Å². The summed E-state index contributed by atoms with van der Waals surface area (Å²) in [5, 5.41) is 0. The molecule has 0 N–H and O–H groups in total. The summed E-state index contributed by atoms with van der Waals surface area (Å²) in [5.74, 6) is -0.384. The molecule has 0 bridgehead atoms. The first kappa shape index (κ1) is 17.6. The van der Waals surface area contributed by atoms with Crippen LogP contribution in [0.5, 0.6) is 0 Å². The Kier molecular flexibility index (Phi) is 4.43. The zero-order valence-electron chi connectivity index (χ0n) is 15.2. The predicted molar refractivity (Wildman–Crippen MR) is 96.7 cm³/mol. The van der Waals surface area contributed by atoms with Crippen molar-refractivity contribution in [1.82, 2.24) is 4.98 Å². The van der Waals surface area contributed by atoms with Crippen LogP contribution in [0.1, 0.15) is 38.1 Å². The number of aromatic nitrogens is 1. The van der Waals surface area contributed by atoms with Crippen molar-refractivity contribution in [1.29, 1.82) is 0 Å². The second-order valence-electron chi connectivity index (χ2n) is 7.14. The number of pyridine rings is 1. The Morgan fingerprint density at radius 2 is 1.76 bits per heavy atom. The molecule has 1 fully saturated rings. The highest BCUT2D eigenvalue weighted by Crippen LogP contribution is 2.36. The van der Waals surface area contributed by atoms with Crippen molar-refractivity contribution >= 4 is 18.6 Å². The monoisotopic (exact) mass is 339 g/mol. The minimum Gasteiger partial charge on any atom is -0.465 e. The number of carbonyl (C=O) groups excluding carboxylic acids is 1. The molecule has 0 saturated carbocycles. The van der Waals surface area contributed by atoms with E-state index in [1.807, 2.05) is 52.0 Å². The minimum absolute atomic E-state index is 0.384. The number of carbonyl (C=O) groups is 1. The van der Waals surface area contributed by atoms with Gasteiger partial charge < -0.3 is 14.0 Å². The molecule has 0 radical (unpaired) electrons. The summed E-state index contributed by atoms with van der Waals surface area (Å²) in [6.45, 7) is 8.10. The van der Waals surface area contributed by atoms with E-state index in [4.69, 9.17) is 14.0 Å². The zero-order valence-corrected chi connectivity index (χ0v) is 15.2. The van der Waals surface area contributed by atoms with Crippen LogP contribution in [-0.4, -0.2) is 36.4 Å². The van der Waals surface area contributed by atoms with Crippen LogP contribution in [0.2, 0.25) is 0 Å². The highest BCUT2D eigenvalue weighted by molar-refractivity contribution is 6.62. The number of methoxy groups -OCH3 is 1. The maximum Gasteiger partial charge on any atom is 0.494 e. The molecule has 25 heavy (non-hydrogen) atoms. The lowest BCUT2D eigenvalue weighted by Gasteiger charge is -2.32. The van der Waals surface area contributed by atoms with Crippen molar-refractivity contribution in [2.75, 3.05) is 7.11 Å². The molecule has 3 rings (SSSR count). The van der Waals surface area contributed by atoms with Gasteiger partial charge in [-0.15, -0.1) is 0 Å². The number of hydrogen-bond donors (Lipinski definition) is 0. The van der Waals surface area contributed by atoms with Crippen LogP contribution < -0.4 is 5.46 Å². The molecule has 1 aromatic carbocycles. The summed E-state index contributed by atoms with van der Waals surface area (Å²) < 4.78 is 17.0. The molecule has 0 aliphatic carbocycles. The Bertz CT molecular complexity index is 788. The SMILES string of the molecule is COC(=O)c1ccnc(-c2cccc(B3OC(C)(C)C(C)(C)O3)c2)c1. The average molecular weight is 339 g/mol. The van der Waals surface area contributed by atoms with Gasteiger partial charge in [0.15, 0.2) is 0 Å². The molecule has 1 aromatic heterocycles. The Morgan fingerprint density at radius 1 is 1.08 bits per heavy atom. The van der Waals surface area contributed by atoms with Gasteiger partial charge in [0, 0.05) is 6.20 Å². The van der Waals surface area contributed by atoms with E-state index in [1.54, 1.807) is 18.3 Å². The van der Waals surface area contributed by atoms with Crippen molar-refractivity contribution in [3.63, 3.8) is 0 Å². The summed E-state index contributed by atoms with van der Waals surface area (Å²) in [4.78, 5) is 16.1. The number of hydrogen-bond acceptors (Lipinski definition) is 5. The fourth-order valence-electron chi connectivity index (χ4n) is 2.66. The fourth-order valence-corrected chi connectivity index (χ4v) is 2.66. The lowest BCUT2D eigenvalue weighted by molar-refractivity contribution is 0.00578. The quantitative estimate of drug-likeness (QED) is 0.636. The molecule has 0 spiro atoms. The summed E-state index contributed by atoms with van der Waals surface area (Å²) in [6.07, 6.45) is 1.60. The number of benzene rings is 1. The molecule has 1 saturated heterocycles. The average Bonchev–Trinajstić information content (AvgIpc) is 2.82. The van der Waals surface area contributed by atoms with Gasteiger partial charge >= 0.3 is 13.1 Å². The Labute approximate surface area is 148 Å². The minimum atomic E-state index is -0.436. The first-order valence-corrected chi connectivity index (χ1v) is 8.24. The fraction of sp³-hybridized carbons (Fsp3) is 0.368. The van der Waals surface area contributed by atoms with Gasteiger partial charge in [-0.3, -0.25) is 4.98 Å². The molecule has 0 atom stereocenters. The highest BCUT2D eigenvalue weighted by Gasteiger charge is 2.51. The van der Waals surface area contributed by atoms with E-state index < -0.39 is 18.3 Å². The zero-order chi connectivity index (χ0) is 18.2. The largest absolute Gasteiger partial charge is 0.494 e. The lowest BCUT2D eigenvalue weighted by Crippen LogP contribution is -2.41. The normalized spacial score (nSPS) is 18.2. The standard InChI is InChI=1S/C19H22BNO4/c1-18(2)19(3,4)25-20(24-18)15-8-6-7-13(11-15)16-12-14(9-10-21-16)17(22)23-5/h6-12H,1-5H3. The number of ether oxygens (including phenoxy) is 1. The van der Waals surface area contributed by atoms with Crippen LogP contribution in [0.15, 0.2) is 42.6 Å². The predicted octanol–water partition coefficient (Wildman–Crippen LogP) is 2.83. The van der Waals surface area contributed by atoms with Crippen molar-refractivity contribution in [3.05, 3.63) is 48.2 Å². The van der Waals surface area contributed by atoms with Gasteiger partial charge in [-0.1, -0.05) is 24.3 Å². The van der Waals surface area contributed by atoms with Gasteiger partial charge in [-0.2, -0.15) is 0 Å². The molecule has 2 heterocycles. The first-order chi connectivity index (χ1) is 11.7. The third kappa shape index (κ3) is 3.32. The third-order valence-electron chi connectivity index (χ3n) is 4.89. The van der Waals surface area contributed by atoms with Gasteiger partial charge in [0.25, 0.3) is 0 Å². The van der Waals surface area contributed by atoms with E-state index in [-0.39, 0.29) is 5.97 Å². The van der Waals surface area contributed by atoms with Gasteiger partial charge in [-0.25, -0.2) is 4.79 Å². The summed E-state index contributed by atoms with van der Waals surface area (Å²) in [6, 6.07) is 11.2. The maximum atomic E-state index is 11.7. The van der Waals surface area contributed by atoms with Crippen molar-refractivity contribution < 1.29 is 18.8 Å². The third-order valence-corrected chi connectivity index (χ3v) is 4.89. The summed E-state index contributed by atoms with van der Waals surface area (Å²) in [7, 11) is 0.926. The number of esters is 1. The molecular weight excluding hydrogens is 317 g/mol. The summed E-state index contributed by atoms with van der Waals surface area (Å²) >= 11 is 0. The molecule has 0 unspecified atom stereocenters. The first-order valence-electron chi connectivity index (χ1n) is 8.24. The smallest absolute Gasteiger partial charge is 0.465 e. The van der Waals surface area contributed by atoms with Gasteiger partial charge in [0.1, 0.15) is 0 Å². The van der Waals surface area contributed by atoms with Crippen LogP contribution in [0.3, 0.4) is 0 Å². The van der Waals surface area contributed by atoms with Crippen LogP contribution in [-0.2, 0) is 14.0 Å². The lowest BCUT2D eigenvalue weighted by atomic mass is 9.78. The van der Waals surface area contributed by atoms with E-state index in [9.17, 15) is 4.79 Å². The van der Waals surface area contributed by atoms with Gasteiger partial charge in [0.05, 0.1) is 29.6 Å². The summed E-state index contributed by atoms with van der Waals surface area (Å²) in [5.41, 5.74) is 2.18. The Morgan fingerprint density at radius 3 is 2.40 bits per heavy atom. The van der Waals surface area contributed by atoms with Crippen LogP contribution in [0.4, 0.5) is 0 Å². The van der Waals surface area contributed by atoms with Crippen LogP contribution >= 0.6 is 0 Å². The Hall–Kier alpha value is -2.18. The maximum absolute atomic E-state index is 11.7. The van der Waals surface area contributed by atoms with Crippen LogP contribution in [0, 0.1) is 0 Å². The molecule has 6 heteroatoms. The Balaban J connectivity index is 1.92. The second-order valence-corrected chi connectivity index (χ2v) is 7.14. The van der Waals surface area contributed by atoms with Crippen molar-refractivity contribution in [2.45, 2.75) is 38.9 Å². The molecular formula is C19H22BNO4.